The maximum atomic E-state index is 11.9. The van der Waals surface area contributed by atoms with Gasteiger partial charge in [0.25, 0.3) is 5.91 Å². The normalized spacial score (nSPS) is 11.0. The van der Waals surface area contributed by atoms with Crippen LogP contribution in [-0.2, 0) is 17.8 Å². The number of aliphatic imine (C=N–C) groups is 1. The second-order valence-electron chi connectivity index (χ2n) is 6.07. The molecule has 7 nitrogen and oxygen atoms in total. The van der Waals surface area contributed by atoms with Gasteiger partial charge in [0.1, 0.15) is 0 Å². The molecule has 5 N–H and O–H groups in total. The van der Waals surface area contributed by atoms with Crippen molar-refractivity contribution in [3.05, 3.63) is 70.2 Å². The number of primary amides is 1. The van der Waals surface area contributed by atoms with Crippen molar-refractivity contribution in [2.45, 2.75) is 13.0 Å². The van der Waals surface area contributed by atoms with Crippen molar-refractivity contribution in [2.75, 3.05) is 20.1 Å². The van der Waals surface area contributed by atoms with E-state index >= 15 is 0 Å². The maximum absolute atomic E-state index is 11.9. The molecule has 8 heteroatoms. The van der Waals surface area contributed by atoms with Gasteiger partial charge >= 0.3 is 0 Å². The molecule has 0 fully saturated rings. The molecule has 0 saturated carbocycles. The summed E-state index contributed by atoms with van der Waals surface area (Å²) in [5.41, 5.74) is 7.67. The summed E-state index contributed by atoms with van der Waals surface area (Å²) < 4.78 is 0. The van der Waals surface area contributed by atoms with Crippen LogP contribution in [-0.4, -0.2) is 37.9 Å². The monoisotopic (exact) mass is 401 g/mol. The molecule has 0 saturated heterocycles. The molecule has 0 aromatic heterocycles. The molecule has 2 rings (SSSR count). The Hall–Kier alpha value is -3.06. The minimum absolute atomic E-state index is 0.180. The summed E-state index contributed by atoms with van der Waals surface area (Å²) in [4.78, 5) is 26.8. The van der Waals surface area contributed by atoms with Crippen LogP contribution in [0.2, 0.25) is 5.02 Å². The van der Waals surface area contributed by atoms with E-state index in [1.807, 2.05) is 36.4 Å². The van der Waals surface area contributed by atoms with Gasteiger partial charge in [0.2, 0.25) is 5.91 Å². The van der Waals surface area contributed by atoms with Crippen LogP contribution in [0.4, 0.5) is 0 Å². The van der Waals surface area contributed by atoms with Gasteiger partial charge in [-0.1, -0.05) is 35.9 Å². The van der Waals surface area contributed by atoms with Gasteiger partial charge in [-0.2, -0.15) is 0 Å². The molecular formula is C20H24ClN5O2. The standard InChI is InChI=1S/C20H24ClN5O2/c1-23-20(24-11-10-14-4-8-17(21)9-5-14)26-12-15-2-6-16(7-3-15)19(28)25-13-18(22)27/h2-9H,10-13H2,1H3,(H2,22,27)(H,25,28)(H2,23,24,26). The van der Waals surface area contributed by atoms with Crippen LogP contribution in [0.15, 0.2) is 53.5 Å². The first-order valence-electron chi connectivity index (χ1n) is 8.82. The zero-order valence-corrected chi connectivity index (χ0v) is 16.4. The summed E-state index contributed by atoms with van der Waals surface area (Å²) in [6.07, 6.45) is 0.854. The van der Waals surface area contributed by atoms with E-state index in [0.717, 1.165) is 23.6 Å². The van der Waals surface area contributed by atoms with Gasteiger partial charge in [-0.15, -0.1) is 0 Å². The third-order valence-electron chi connectivity index (χ3n) is 3.94. The van der Waals surface area contributed by atoms with Gasteiger partial charge in [0.05, 0.1) is 6.54 Å². The second-order valence-corrected chi connectivity index (χ2v) is 6.51. The number of hydrogen-bond donors (Lipinski definition) is 4. The Bertz CT molecular complexity index is 819. The number of benzene rings is 2. The molecule has 0 atom stereocenters. The summed E-state index contributed by atoms with van der Waals surface area (Å²) in [5, 5.41) is 9.66. The SMILES string of the molecule is CN=C(NCCc1ccc(Cl)cc1)NCc1ccc(C(=O)NCC(N)=O)cc1. The van der Waals surface area contributed by atoms with Crippen LogP contribution in [0.1, 0.15) is 21.5 Å². The van der Waals surface area contributed by atoms with E-state index in [9.17, 15) is 9.59 Å². The van der Waals surface area contributed by atoms with E-state index in [1.54, 1.807) is 19.2 Å². The van der Waals surface area contributed by atoms with Crippen LogP contribution in [0.3, 0.4) is 0 Å². The Labute approximate surface area is 169 Å². The Morgan fingerprint density at radius 3 is 2.21 bits per heavy atom. The smallest absolute Gasteiger partial charge is 0.251 e. The molecule has 2 amide bonds. The number of nitrogens with zero attached hydrogens (tertiary/aromatic N) is 1. The lowest BCUT2D eigenvalue weighted by Gasteiger charge is -2.12. The van der Waals surface area contributed by atoms with Crippen molar-refractivity contribution in [1.82, 2.24) is 16.0 Å². The van der Waals surface area contributed by atoms with E-state index in [4.69, 9.17) is 17.3 Å². The number of amides is 2. The number of carbonyl (C=O) groups is 2. The topological polar surface area (TPSA) is 109 Å². The van der Waals surface area contributed by atoms with E-state index in [-0.39, 0.29) is 12.5 Å². The molecule has 0 aliphatic rings. The zero-order chi connectivity index (χ0) is 20.4. The lowest BCUT2D eigenvalue weighted by molar-refractivity contribution is -0.117. The average Bonchev–Trinajstić information content (AvgIpc) is 2.70. The second kappa shape index (κ2) is 10.9. The molecule has 0 radical (unpaired) electrons. The number of hydrogen-bond acceptors (Lipinski definition) is 3. The molecule has 0 unspecified atom stereocenters. The fourth-order valence-corrected chi connectivity index (χ4v) is 2.55. The quantitative estimate of drug-likeness (QED) is 0.396. The van der Waals surface area contributed by atoms with Gasteiger partial charge in [0.15, 0.2) is 5.96 Å². The number of rotatable bonds is 8. The first kappa shape index (κ1) is 21.2. The first-order valence-corrected chi connectivity index (χ1v) is 9.20. The Kier molecular flexibility index (Phi) is 8.30. The molecular weight excluding hydrogens is 378 g/mol. The van der Waals surface area contributed by atoms with Crippen molar-refractivity contribution in [3.8, 4) is 0 Å². The number of guanidine groups is 1. The minimum atomic E-state index is -0.580. The van der Waals surface area contributed by atoms with Crippen LogP contribution in [0.5, 0.6) is 0 Å². The lowest BCUT2D eigenvalue weighted by atomic mass is 10.1. The molecule has 2 aromatic carbocycles. The Morgan fingerprint density at radius 2 is 1.61 bits per heavy atom. The van der Waals surface area contributed by atoms with Gasteiger partial charge < -0.3 is 21.7 Å². The lowest BCUT2D eigenvalue weighted by Crippen LogP contribution is -2.37. The largest absolute Gasteiger partial charge is 0.368 e. The van der Waals surface area contributed by atoms with Crippen molar-refractivity contribution in [3.63, 3.8) is 0 Å². The number of halogens is 1. The van der Waals surface area contributed by atoms with Crippen LogP contribution < -0.4 is 21.7 Å². The van der Waals surface area contributed by atoms with Crippen molar-refractivity contribution < 1.29 is 9.59 Å². The molecule has 0 aliphatic heterocycles. The van der Waals surface area contributed by atoms with Gasteiger partial charge in [0, 0.05) is 30.7 Å². The van der Waals surface area contributed by atoms with Gasteiger partial charge in [-0.05, 0) is 41.8 Å². The molecule has 28 heavy (non-hydrogen) atoms. The summed E-state index contributed by atoms with van der Waals surface area (Å²) in [5.74, 6) is -0.223. The number of nitrogens with two attached hydrogens (primary N) is 1. The summed E-state index contributed by atoms with van der Waals surface area (Å²) in [6, 6.07) is 14.8. The van der Waals surface area contributed by atoms with Crippen molar-refractivity contribution in [1.29, 1.82) is 0 Å². The summed E-state index contributed by atoms with van der Waals surface area (Å²) in [7, 11) is 1.71. The predicted octanol–water partition coefficient (Wildman–Crippen LogP) is 1.46. The van der Waals surface area contributed by atoms with Gasteiger partial charge in [-0.25, -0.2) is 0 Å². The third kappa shape index (κ3) is 7.28. The van der Waals surface area contributed by atoms with Crippen LogP contribution >= 0.6 is 11.6 Å². The molecule has 0 spiro atoms. The van der Waals surface area contributed by atoms with E-state index in [1.165, 1.54) is 5.56 Å². The molecule has 148 valence electrons. The molecule has 0 aliphatic carbocycles. The maximum Gasteiger partial charge on any atom is 0.251 e. The molecule has 0 bridgehead atoms. The highest BCUT2D eigenvalue weighted by Crippen LogP contribution is 2.09. The Morgan fingerprint density at radius 1 is 0.964 bits per heavy atom. The highest BCUT2D eigenvalue weighted by molar-refractivity contribution is 6.30. The van der Waals surface area contributed by atoms with Crippen molar-refractivity contribution in [2.24, 2.45) is 10.7 Å². The molecule has 2 aromatic rings. The van der Waals surface area contributed by atoms with E-state index < -0.39 is 5.91 Å². The summed E-state index contributed by atoms with van der Waals surface area (Å²) >= 11 is 5.89. The number of carbonyl (C=O) groups excluding carboxylic acids is 2. The fourth-order valence-electron chi connectivity index (χ4n) is 2.43. The van der Waals surface area contributed by atoms with Crippen LogP contribution in [0.25, 0.3) is 0 Å². The number of nitrogens with one attached hydrogen (secondary N) is 3. The average molecular weight is 402 g/mol. The predicted molar refractivity (Wildman–Crippen MR) is 111 cm³/mol. The Balaban J connectivity index is 1.77. The first-order chi connectivity index (χ1) is 13.5. The van der Waals surface area contributed by atoms with E-state index in [0.29, 0.717) is 18.1 Å². The highest BCUT2D eigenvalue weighted by Gasteiger charge is 2.06. The highest BCUT2D eigenvalue weighted by atomic mass is 35.5. The molecule has 0 heterocycles. The van der Waals surface area contributed by atoms with Crippen molar-refractivity contribution >= 4 is 29.4 Å². The van der Waals surface area contributed by atoms with E-state index in [2.05, 4.69) is 20.9 Å². The fraction of sp³-hybridized carbons (Fsp3) is 0.250. The zero-order valence-electron chi connectivity index (χ0n) is 15.7. The van der Waals surface area contributed by atoms with Gasteiger partial charge in [-0.3, -0.25) is 14.6 Å². The third-order valence-corrected chi connectivity index (χ3v) is 4.19. The minimum Gasteiger partial charge on any atom is -0.368 e. The summed E-state index contributed by atoms with van der Waals surface area (Å²) in [6.45, 7) is 1.12. The van der Waals surface area contributed by atoms with Crippen LogP contribution in [0, 0.1) is 0 Å².